The number of carbonyl (C=O) groups is 1. The Morgan fingerprint density at radius 3 is 2.15 bits per heavy atom. The Kier molecular flexibility index (Phi) is 5.17. The van der Waals surface area contributed by atoms with Gasteiger partial charge in [-0.25, -0.2) is 0 Å². The molecule has 26 heavy (non-hydrogen) atoms. The van der Waals surface area contributed by atoms with Gasteiger partial charge in [0.25, 0.3) is 5.91 Å². The van der Waals surface area contributed by atoms with Crippen molar-refractivity contribution in [3.05, 3.63) is 60.0 Å². The van der Waals surface area contributed by atoms with Crippen LogP contribution in [0.25, 0.3) is 11.4 Å². The first-order valence-corrected chi connectivity index (χ1v) is 8.03. The number of rotatable bonds is 6. The van der Waals surface area contributed by atoms with E-state index in [2.05, 4.69) is 15.5 Å². The fourth-order valence-corrected chi connectivity index (χ4v) is 2.35. The predicted molar refractivity (Wildman–Crippen MR) is 95.2 cm³/mol. The molecule has 7 heteroatoms. The van der Waals surface area contributed by atoms with Crippen molar-refractivity contribution in [2.45, 2.75) is 13.0 Å². The van der Waals surface area contributed by atoms with Crippen LogP contribution in [0.4, 0.5) is 0 Å². The summed E-state index contributed by atoms with van der Waals surface area (Å²) >= 11 is 0. The van der Waals surface area contributed by atoms with Crippen LogP contribution in [0.5, 0.6) is 11.5 Å². The summed E-state index contributed by atoms with van der Waals surface area (Å²) in [4.78, 5) is 16.7. The third-order valence-corrected chi connectivity index (χ3v) is 3.86. The highest BCUT2D eigenvalue weighted by Gasteiger charge is 2.18. The Labute approximate surface area is 150 Å². The minimum atomic E-state index is -0.427. The Morgan fingerprint density at radius 1 is 1.00 bits per heavy atom. The van der Waals surface area contributed by atoms with Crippen LogP contribution in [0.2, 0.25) is 0 Å². The van der Waals surface area contributed by atoms with E-state index in [0.717, 1.165) is 11.3 Å². The number of carbonyl (C=O) groups excluding carboxylic acids is 1. The monoisotopic (exact) mass is 353 g/mol. The fraction of sp³-hybridized carbons (Fsp3) is 0.211. The quantitative estimate of drug-likeness (QED) is 0.732. The second-order valence-electron chi connectivity index (χ2n) is 5.61. The van der Waals surface area contributed by atoms with E-state index in [9.17, 15) is 4.79 Å². The van der Waals surface area contributed by atoms with E-state index in [1.165, 1.54) is 0 Å². The lowest BCUT2D eigenvalue weighted by Gasteiger charge is -2.10. The first-order chi connectivity index (χ1) is 12.6. The second-order valence-corrected chi connectivity index (χ2v) is 5.61. The number of ether oxygens (including phenoxy) is 2. The first kappa shape index (κ1) is 17.5. The maximum absolute atomic E-state index is 12.3. The van der Waals surface area contributed by atoms with Crippen LogP contribution in [-0.2, 0) is 0 Å². The van der Waals surface area contributed by atoms with Crippen LogP contribution in [0.15, 0.2) is 53.1 Å². The summed E-state index contributed by atoms with van der Waals surface area (Å²) in [7, 11) is 3.18. The van der Waals surface area contributed by atoms with E-state index in [0.29, 0.717) is 23.0 Å². The van der Waals surface area contributed by atoms with E-state index >= 15 is 0 Å². The summed E-state index contributed by atoms with van der Waals surface area (Å²) in [5, 5.41) is 6.81. The molecular formula is C19H19N3O4. The van der Waals surface area contributed by atoms with Gasteiger partial charge in [-0.05, 0) is 55.5 Å². The molecule has 0 bridgehead atoms. The zero-order chi connectivity index (χ0) is 18.5. The molecule has 0 saturated heterocycles. The van der Waals surface area contributed by atoms with Gasteiger partial charge in [0.05, 0.1) is 14.2 Å². The van der Waals surface area contributed by atoms with E-state index in [1.807, 2.05) is 24.3 Å². The normalized spacial score (nSPS) is 11.7. The van der Waals surface area contributed by atoms with Gasteiger partial charge in [0, 0.05) is 11.1 Å². The lowest BCUT2D eigenvalue weighted by atomic mass is 10.2. The van der Waals surface area contributed by atoms with Gasteiger partial charge in [0.2, 0.25) is 11.7 Å². The highest BCUT2D eigenvalue weighted by molar-refractivity contribution is 5.94. The topological polar surface area (TPSA) is 86.5 Å². The lowest BCUT2D eigenvalue weighted by Crippen LogP contribution is -2.26. The van der Waals surface area contributed by atoms with Crippen LogP contribution >= 0.6 is 0 Å². The molecule has 1 N–H and O–H groups in total. The van der Waals surface area contributed by atoms with Crippen molar-refractivity contribution < 1.29 is 18.8 Å². The first-order valence-electron chi connectivity index (χ1n) is 8.03. The minimum absolute atomic E-state index is 0.232. The highest BCUT2D eigenvalue weighted by Crippen LogP contribution is 2.21. The van der Waals surface area contributed by atoms with Crippen LogP contribution in [0.3, 0.4) is 0 Å². The van der Waals surface area contributed by atoms with Gasteiger partial charge in [0.15, 0.2) is 0 Å². The molecule has 0 aliphatic rings. The molecule has 7 nitrogen and oxygen atoms in total. The zero-order valence-electron chi connectivity index (χ0n) is 14.7. The molecule has 0 aliphatic heterocycles. The van der Waals surface area contributed by atoms with E-state index < -0.39 is 6.04 Å². The van der Waals surface area contributed by atoms with Crippen LogP contribution in [0, 0.1) is 0 Å². The largest absolute Gasteiger partial charge is 0.497 e. The van der Waals surface area contributed by atoms with Crippen molar-refractivity contribution in [2.24, 2.45) is 0 Å². The third-order valence-electron chi connectivity index (χ3n) is 3.86. The summed E-state index contributed by atoms with van der Waals surface area (Å²) in [6.45, 7) is 1.78. The molecule has 0 fully saturated rings. The van der Waals surface area contributed by atoms with Gasteiger partial charge in [-0.2, -0.15) is 4.98 Å². The highest BCUT2D eigenvalue weighted by atomic mass is 16.5. The smallest absolute Gasteiger partial charge is 0.251 e. The maximum Gasteiger partial charge on any atom is 0.251 e. The van der Waals surface area contributed by atoms with Crippen molar-refractivity contribution in [3.8, 4) is 22.9 Å². The van der Waals surface area contributed by atoms with Gasteiger partial charge in [-0.3, -0.25) is 4.79 Å². The average molecular weight is 353 g/mol. The number of aromatic nitrogens is 2. The van der Waals surface area contributed by atoms with Gasteiger partial charge < -0.3 is 19.3 Å². The lowest BCUT2D eigenvalue weighted by molar-refractivity contribution is 0.0932. The van der Waals surface area contributed by atoms with E-state index in [1.54, 1.807) is 45.4 Å². The van der Waals surface area contributed by atoms with E-state index in [4.69, 9.17) is 14.0 Å². The minimum Gasteiger partial charge on any atom is -0.497 e. The molecule has 1 heterocycles. The summed E-state index contributed by atoms with van der Waals surface area (Å²) in [5.74, 6) is 1.99. The molecule has 0 spiro atoms. The molecule has 1 atom stereocenters. The number of methoxy groups -OCH3 is 2. The molecule has 2 aromatic carbocycles. The summed E-state index contributed by atoms with van der Waals surface area (Å²) < 4.78 is 15.5. The van der Waals surface area contributed by atoms with E-state index in [-0.39, 0.29) is 5.91 Å². The molecule has 0 saturated carbocycles. The van der Waals surface area contributed by atoms with Gasteiger partial charge in [-0.15, -0.1) is 0 Å². The molecule has 0 aliphatic carbocycles. The van der Waals surface area contributed by atoms with Gasteiger partial charge >= 0.3 is 0 Å². The zero-order valence-corrected chi connectivity index (χ0v) is 14.7. The van der Waals surface area contributed by atoms with Crippen LogP contribution in [-0.4, -0.2) is 30.3 Å². The van der Waals surface area contributed by atoms with Crippen molar-refractivity contribution in [1.29, 1.82) is 0 Å². The molecule has 1 amide bonds. The number of amides is 1. The molecule has 134 valence electrons. The Bertz CT molecular complexity index is 873. The molecule has 3 aromatic rings. The number of nitrogens with zero attached hydrogens (tertiary/aromatic N) is 2. The number of nitrogens with one attached hydrogen (secondary N) is 1. The van der Waals surface area contributed by atoms with Crippen LogP contribution < -0.4 is 14.8 Å². The third kappa shape index (κ3) is 3.83. The Morgan fingerprint density at radius 2 is 1.58 bits per heavy atom. The molecule has 1 unspecified atom stereocenters. The SMILES string of the molecule is COc1ccc(C(=O)NC(C)c2nc(-c3ccc(OC)cc3)no2)cc1. The number of hydrogen-bond donors (Lipinski definition) is 1. The standard InChI is InChI=1S/C19H19N3O4/c1-12(20-18(23)14-6-10-16(25-3)11-7-14)19-21-17(22-26-19)13-4-8-15(24-2)9-5-13/h4-12H,1-3H3,(H,20,23). The number of hydrogen-bond acceptors (Lipinski definition) is 6. The fourth-order valence-electron chi connectivity index (χ4n) is 2.35. The van der Waals surface area contributed by atoms with Crippen molar-refractivity contribution in [3.63, 3.8) is 0 Å². The maximum atomic E-state index is 12.3. The Hall–Kier alpha value is -3.35. The molecule has 1 aromatic heterocycles. The van der Waals surface area contributed by atoms with Crippen LogP contribution in [0.1, 0.15) is 29.2 Å². The predicted octanol–water partition coefficient (Wildman–Crippen LogP) is 3.24. The summed E-state index contributed by atoms with van der Waals surface area (Å²) in [5.41, 5.74) is 1.32. The van der Waals surface area contributed by atoms with Crippen molar-refractivity contribution >= 4 is 5.91 Å². The van der Waals surface area contributed by atoms with Gasteiger partial charge in [0.1, 0.15) is 17.5 Å². The van der Waals surface area contributed by atoms with Crippen molar-refractivity contribution in [2.75, 3.05) is 14.2 Å². The second kappa shape index (κ2) is 7.69. The number of benzene rings is 2. The average Bonchev–Trinajstić information content (AvgIpc) is 3.18. The molecule has 0 radical (unpaired) electrons. The summed E-state index contributed by atoms with van der Waals surface area (Å²) in [6.07, 6.45) is 0. The Balaban J connectivity index is 1.68. The molecular weight excluding hydrogens is 334 g/mol. The summed E-state index contributed by atoms with van der Waals surface area (Å²) in [6, 6.07) is 13.7. The van der Waals surface area contributed by atoms with Crippen molar-refractivity contribution in [1.82, 2.24) is 15.5 Å². The van der Waals surface area contributed by atoms with Gasteiger partial charge in [-0.1, -0.05) is 5.16 Å². The molecule has 3 rings (SSSR count).